The molecule has 1 aromatic carbocycles. The molecule has 0 fully saturated rings. The van der Waals surface area contributed by atoms with Gasteiger partial charge in [-0.2, -0.15) is 0 Å². The molecule has 2 aromatic rings. The van der Waals surface area contributed by atoms with Crippen LogP contribution in [-0.2, 0) is 4.79 Å². The molecule has 0 unspecified atom stereocenters. The predicted octanol–water partition coefficient (Wildman–Crippen LogP) is 7.03. The Morgan fingerprint density at radius 2 is 1.69 bits per heavy atom. The molecule has 0 radical (unpaired) electrons. The van der Waals surface area contributed by atoms with E-state index in [1.807, 2.05) is 18.2 Å². The second kappa shape index (κ2) is 8.29. The van der Waals surface area contributed by atoms with Crippen LogP contribution in [0.3, 0.4) is 0 Å². The molecule has 1 aromatic heterocycles. The maximum atomic E-state index is 12.7. The molecule has 1 N–H and O–H groups in total. The summed E-state index contributed by atoms with van der Waals surface area (Å²) in [6, 6.07) is 3.76. The minimum absolute atomic E-state index is 0.0207. The van der Waals surface area contributed by atoms with Crippen LogP contribution < -0.4 is 5.19 Å². The van der Waals surface area contributed by atoms with E-state index in [4.69, 9.17) is 4.99 Å². The second-order valence-corrected chi connectivity index (χ2v) is 22.5. The molecule has 0 atom stereocenters. The summed E-state index contributed by atoms with van der Waals surface area (Å²) in [5, 5.41) is 13.3. The van der Waals surface area contributed by atoms with Crippen LogP contribution in [0.2, 0.25) is 10.1 Å². The number of ketones is 1. The van der Waals surface area contributed by atoms with Gasteiger partial charge in [-0.05, 0) is 0 Å². The summed E-state index contributed by atoms with van der Waals surface area (Å²) < 4.78 is 4.77. The minimum atomic E-state index is -2.69. The Hall–Kier alpha value is -0.00364. The van der Waals surface area contributed by atoms with E-state index in [0.29, 0.717) is 5.75 Å². The van der Waals surface area contributed by atoms with Gasteiger partial charge in [-0.15, -0.1) is 0 Å². The number of carbonyl (C=O) groups is 1. The second-order valence-electron chi connectivity index (χ2n) is 10.2. The van der Waals surface area contributed by atoms with E-state index in [0.717, 1.165) is 30.2 Å². The Morgan fingerprint density at radius 3 is 2.22 bits per heavy atom. The third kappa shape index (κ3) is 3.57. The average molecular weight is 799 g/mol. The van der Waals surface area contributed by atoms with Gasteiger partial charge < -0.3 is 0 Å². The molecule has 8 heteroatoms. The number of aliphatic imine (C=N–C) groups is 1. The summed E-state index contributed by atoms with van der Waals surface area (Å²) in [4.78, 5) is 17.7. The third-order valence-corrected chi connectivity index (χ3v) is 21.9. The van der Waals surface area contributed by atoms with Crippen LogP contribution in [0.5, 0.6) is 5.75 Å². The summed E-state index contributed by atoms with van der Waals surface area (Å²) in [7, 11) is -2.69. The van der Waals surface area contributed by atoms with Crippen molar-refractivity contribution in [3.63, 3.8) is 0 Å². The number of halogens is 3. The number of phenols is 1. The zero-order valence-electron chi connectivity index (χ0n) is 18.7. The first-order valence-electron chi connectivity index (χ1n) is 10.2. The molecule has 0 saturated carbocycles. The molecule has 2 heterocycles. The fourth-order valence-corrected chi connectivity index (χ4v) is 19.7. The number of benzene rings is 1. The van der Waals surface area contributed by atoms with Crippen LogP contribution in [0, 0.1) is 6.01 Å². The fraction of sp³-hybridized carbons (Fsp3) is 0.333. The molecule has 0 amide bonds. The van der Waals surface area contributed by atoms with Gasteiger partial charge >= 0.3 is 234 Å². The standard InChI is InChI=1S/C24H24BrI2NO2SeSi/c1-23(2,3)32(24(4,5)6)16-11-12(29)7-8-13(16)28-14-9-10-15(30)17(21(14)32)20-19(26)18(25)22(27)31-20/h7-11,30H,1-6H3. The Bertz CT molecular complexity index is 1250. The Morgan fingerprint density at radius 1 is 1.06 bits per heavy atom. The van der Waals surface area contributed by atoms with E-state index in [9.17, 15) is 9.90 Å². The van der Waals surface area contributed by atoms with Crippen LogP contribution in [0.4, 0.5) is 5.69 Å². The fourth-order valence-electron chi connectivity index (χ4n) is 5.67. The van der Waals surface area contributed by atoms with Crippen molar-refractivity contribution in [3.8, 4) is 15.8 Å². The molecule has 1 aliphatic carbocycles. The Labute approximate surface area is 232 Å². The Balaban J connectivity index is 2.28. The number of hydrogen-bond acceptors (Lipinski definition) is 3. The van der Waals surface area contributed by atoms with Gasteiger partial charge in [0.1, 0.15) is 0 Å². The van der Waals surface area contributed by atoms with Gasteiger partial charge in [0.15, 0.2) is 0 Å². The van der Waals surface area contributed by atoms with E-state index in [1.165, 1.54) is 12.1 Å². The van der Waals surface area contributed by atoms with Crippen LogP contribution in [-0.4, -0.2) is 39.2 Å². The predicted molar refractivity (Wildman–Crippen MR) is 158 cm³/mol. The van der Waals surface area contributed by atoms with Crippen molar-refractivity contribution >= 4 is 106 Å². The molecule has 0 spiro atoms. The molecule has 3 nitrogen and oxygen atoms in total. The van der Waals surface area contributed by atoms with Gasteiger partial charge in [0.05, 0.1) is 0 Å². The molecular weight excluding hydrogens is 775 g/mol. The third-order valence-electron chi connectivity index (χ3n) is 6.38. The number of phenolic OH excluding ortho intramolecular Hbond substituents is 1. The van der Waals surface area contributed by atoms with Crippen molar-refractivity contribution in [1.82, 2.24) is 0 Å². The van der Waals surface area contributed by atoms with Gasteiger partial charge in [0, 0.05) is 0 Å². The van der Waals surface area contributed by atoms with E-state index in [1.54, 1.807) is 12.1 Å². The molecule has 4 rings (SSSR count). The van der Waals surface area contributed by atoms with Crippen LogP contribution in [0.15, 0.2) is 45.0 Å². The molecule has 0 saturated heterocycles. The first kappa shape index (κ1) is 25.1. The van der Waals surface area contributed by atoms with Crippen LogP contribution in [0.25, 0.3) is 10.0 Å². The number of hydrogen-bond donors (Lipinski definition) is 1. The van der Waals surface area contributed by atoms with Gasteiger partial charge in [0.2, 0.25) is 0 Å². The summed E-state index contributed by atoms with van der Waals surface area (Å²) in [6.45, 7) is 13.8. The topological polar surface area (TPSA) is 49.7 Å². The molecule has 1 aliphatic heterocycles. The van der Waals surface area contributed by atoms with Crippen molar-refractivity contribution < 1.29 is 9.90 Å². The average Bonchev–Trinajstić information content (AvgIpc) is 2.91. The molecular formula is C24H24BrI2NO2SeSi. The number of allylic oxidation sites excluding steroid dienone is 4. The molecule has 168 valence electrons. The maximum absolute atomic E-state index is 12.7. The SMILES string of the molecule is CC(C)(C)[Si]1(C(C)(C)C)C2=CC(=O)C=CC2=Nc2ccc(O)c(-c3[se]c(I)c(Br)c3I)c21. The zero-order chi connectivity index (χ0) is 23.8. The molecule has 2 aliphatic rings. The molecule has 32 heavy (non-hydrogen) atoms. The summed E-state index contributed by atoms with van der Waals surface area (Å²) in [5.74, 6) is 0.329. The summed E-state index contributed by atoms with van der Waals surface area (Å²) in [5.41, 5.74) is 2.78. The van der Waals surface area contributed by atoms with Gasteiger partial charge in [-0.3, -0.25) is 0 Å². The first-order valence-corrected chi connectivity index (χ1v) is 16.9. The number of rotatable bonds is 1. The van der Waals surface area contributed by atoms with Crippen molar-refractivity contribution in [3.05, 3.63) is 46.0 Å². The first-order chi connectivity index (χ1) is 14.7. The van der Waals surface area contributed by atoms with E-state index < -0.39 is 8.07 Å². The quantitative estimate of drug-likeness (QED) is 0.192. The zero-order valence-corrected chi connectivity index (χ0v) is 27.3. The van der Waals surface area contributed by atoms with Gasteiger partial charge in [0.25, 0.3) is 0 Å². The monoisotopic (exact) mass is 799 g/mol. The van der Waals surface area contributed by atoms with Crippen molar-refractivity contribution in [1.29, 1.82) is 0 Å². The van der Waals surface area contributed by atoms with E-state index in [-0.39, 0.29) is 30.4 Å². The normalized spacial score (nSPS) is 17.6. The van der Waals surface area contributed by atoms with E-state index in [2.05, 4.69) is 103 Å². The van der Waals surface area contributed by atoms with Crippen molar-refractivity contribution in [2.75, 3.05) is 0 Å². The van der Waals surface area contributed by atoms with E-state index >= 15 is 0 Å². The number of nitrogens with zero attached hydrogens (tertiary/aromatic N) is 1. The van der Waals surface area contributed by atoms with Crippen LogP contribution >= 0.6 is 61.1 Å². The van der Waals surface area contributed by atoms with Crippen LogP contribution in [0.1, 0.15) is 41.5 Å². The molecule has 0 bridgehead atoms. The number of carbonyl (C=O) groups excluding carboxylic acids is 1. The summed E-state index contributed by atoms with van der Waals surface area (Å²) in [6.07, 6.45) is 5.33. The number of fused-ring (bicyclic) bond motifs is 2. The van der Waals surface area contributed by atoms with Crippen molar-refractivity contribution in [2.45, 2.75) is 51.6 Å². The van der Waals surface area contributed by atoms with Gasteiger partial charge in [-0.1, -0.05) is 0 Å². The number of aromatic hydroxyl groups is 1. The Kier molecular flexibility index (Phi) is 6.50. The van der Waals surface area contributed by atoms with Crippen molar-refractivity contribution in [2.24, 2.45) is 4.99 Å². The van der Waals surface area contributed by atoms with Gasteiger partial charge in [-0.25, -0.2) is 0 Å². The summed E-state index contributed by atoms with van der Waals surface area (Å²) >= 11 is 8.66.